The monoisotopic (exact) mass is 335 g/mol. The second kappa shape index (κ2) is 12.5. The lowest BCUT2D eigenvalue weighted by molar-refractivity contribution is -0.138. The molecule has 0 radical (unpaired) electrons. The summed E-state index contributed by atoms with van der Waals surface area (Å²) < 4.78 is 0. The molecule has 0 saturated heterocycles. The van der Waals surface area contributed by atoms with Crippen molar-refractivity contribution in [1.82, 2.24) is 16.0 Å². The fourth-order valence-corrected chi connectivity index (χ4v) is 2.48. The van der Waals surface area contributed by atoms with Crippen LogP contribution in [0.25, 0.3) is 0 Å². The summed E-state index contributed by atoms with van der Waals surface area (Å²) in [6.07, 6.45) is 9.34. The molecule has 1 aromatic rings. The number of amides is 1. The van der Waals surface area contributed by atoms with E-state index in [1.165, 1.54) is 49.2 Å². The van der Waals surface area contributed by atoms with Crippen LogP contribution in [0.5, 0.6) is 0 Å². The standard InChI is InChI=1S/C18H29N3O3/c1-2-3-4-5-6-7-8-16-9-11-17(12-10-16)14-21(20-15-22)19-13-18(23)24/h9-12,15,19H,2-8,13-14H2,1H3,(H,20,22)(H,23,24). The predicted molar refractivity (Wildman–Crippen MR) is 93.9 cm³/mol. The first kappa shape index (κ1) is 20.1. The first-order valence-corrected chi connectivity index (χ1v) is 8.66. The van der Waals surface area contributed by atoms with E-state index in [1.807, 2.05) is 12.1 Å². The van der Waals surface area contributed by atoms with E-state index in [0.717, 1.165) is 12.0 Å². The maximum atomic E-state index is 10.6. The molecular weight excluding hydrogens is 306 g/mol. The molecule has 0 saturated carbocycles. The van der Waals surface area contributed by atoms with Gasteiger partial charge in [0.15, 0.2) is 0 Å². The van der Waals surface area contributed by atoms with Crippen LogP contribution in [-0.2, 0) is 22.6 Å². The number of carbonyl (C=O) groups excluding carboxylic acids is 1. The number of aliphatic carboxylic acids is 1. The summed E-state index contributed by atoms with van der Waals surface area (Å²) in [6, 6.07) is 8.21. The Kier molecular flexibility index (Phi) is 10.5. The van der Waals surface area contributed by atoms with Gasteiger partial charge < -0.3 is 5.11 Å². The van der Waals surface area contributed by atoms with E-state index in [0.29, 0.717) is 13.0 Å². The Morgan fingerprint density at radius 3 is 2.33 bits per heavy atom. The molecule has 134 valence electrons. The van der Waals surface area contributed by atoms with Crippen LogP contribution in [0.2, 0.25) is 0 Å². The van der Waals surface area contributed by atoms with Crippen molar-refractivity contribution in [2.24, 2.45) is 0 Å². The summed E-state index contributed by atoms with van der Waals surface area (Å²) in [5.41, 5.74) is 7.37. The third-order valence-electron chi connectivity index (χ3n) is 3.81. The second-order valence-corrected chi connectivity index (χ2v) is 5.90. The van der Waals surface area contributed by atoms with Crippen LogP contribution in [0, 0.1) is 0 Å². The lowest BCUT2D eigenvalue weighted by atomic mass is 10.0. The lowest BCUT2D eigenvalue weighted by Gasteiger charge is -2.20. The molecule has 0 aliphatic carbocycles. The number of nitrogens with zero attached hydrogens (tertiary/aromatic N) is 1. The van der Waals surface area contributed by atoms with Crippen LogP contribution in [0.1, 0.15) is 56.6 Å². The molecular formula is C18H29N3O3. The molecule has 0 aromatic heterocycles. The Labute approximate surface area is 144 Å². The molecule has 0 bridgehead atoms. The van der Waals surface area contributed by atoms with Crippen molar-refractivity contribution >= 4 is 12.4 Å². The summed E-state index contributed by atoms with van der Waals surface area (Å²) in [6.45, 7) is 2.37. The van der Waals surface area contributed by atoms with Gasteiger partial charge in [-0.1, -0.05) is 63.3 Å². The van der Waals surface area contributed by atoms with Gasteiger partial charge in [0.1, 0.15) is 6.54 Å². The maximum Gasteiger partial charge on any atom is 0.318 e. The second-order valence-electron chi connectivity index (χ2n) is 5.90. The van der Waals surface area contributed by atoms with E-state index in [2.05, 4.69) is 29.9 Å². The topological polar surface area (TPSA) is 81.7 Å². The molecule has 0 spiro atoms. The van der Waals surface area contributed by atoms with Crippen molar-refractivity contribution in [3.05, 3.63) is 35.4 Å². The molecule has 0 aliphatic heterocycles. The van der Waals surface area contributed by atoms with Gasteiger partial charge in [0, 0.05) is 0 Å². The number of benzene rings is 1. The van der Waals surface area contributed by atoms with Gasteiger partial charge in [0.2, 0.25) is 6.41 Å². The largest absolute Gasteiger partial charge is 0.480 e. The summed E-state index contributed by atoms with van der Waals surface area (Å²) in [5, 5.41) is 10.0. The zero-order valence-corrected chi connectivity index (χ0v) is 14.5. The van der Waals surface area contributed by atoms with Gasteiger partial charge >= 0.3 is 5.97 Å². The van der Waals surface area contributed by atoms with Gasteiger partial charge in [-0.25, -0.2) is 5.43 Å². The van der Waals surface area contributed by atoms with Crippen LogP contribution >= 0.6 is 0 Å². The molecule has 0 atom stereocenters. The van der Waals surface area contributed by atoms with E-state index in [1.54, 1.807) is 0 Å². The quantitative estimate of drug-likeness (QED) is 0.277. The average Bonchev–Trinajstić information content (AvgIpc) is 2.57. The van der Waals surface area contributed by atoms with E-state index in [4.69, 9.17) is 5.11 Å². The zero-order chi connectivity index (χ0) is 17.6. The predicted octanol–water partition coefficient (Wildman–Crippen LogP) is 2.64. The van der Waals surface area contributed by atoms with Crippen molar-refractivity contribution < 1.29 is 14.7 Å². The van der Waals surface area contributed by atoms with Crippen LogP contribution < -0.4 is 10.9 Å². The van der Waals surface area contributed by atoms with Crippen molar-refractivity contribution in [1.29, 1.82) is 0 Å². The van der Waals surface area contributed by atoms with Gasteiger partial charge in [0.25, 0.3) is 0 Å². The highest BCUT2D eigenvalue weighted by Gasteiger charge is 2.06. The number of nitrogens with one attached hydrogen (secondary N) is 2. The Bertz CT molecular complexity index is 477. The normalized spacial score (nSPS) is 10.8. The third-order valence-corrected chi connectivity index (χ3v) is 3.81. The molecule has 0 aliphatic rings. The Hall–Kier alpha value is -1.92. The van der Waals surface area contributed by atoms with Crippen LogP contribution in [0.4, 0.5) is 0 Å². The highest BCUT2D eigenvalue weighted by Crippen LogP contribution is 2.11. The minimum Gasteiger partial charge on any atom is -0.480 e. The first-order chi connectivity index (χ1) is 11.7. The first-order valence-electron chi connectivity index (χ1n) is 8.66. The number of hydrogen-bond acceptors (Lipinski definition) is 4. The fourth-order valence-electron chi connectivity index (χ4n) is 2.48. The molecule has 1 rings (SSSR count). The lowest BCUT2D eigenvalue weighted by Crippen LogP contribution is -2.48. The molecule has 6 nitrogen and oxygen atoms in total. The molecule has 24 heavy (non-hydrogen) atoms. The number of unbranched alkanes of at least 4 members (excludes halogenated alkanes) is 5. The van der Waals surface area contributed by atoms with E-state index < -0.39 is 5.97 Å². The number of carboxylic acid groups (broad SMARTS) is 1. The van der Waals surface area contributed by atoms with Gasteiger partial charge in [-0.2, -0.15) is 5.12 Å². The van der Waals surface area contributed by atoms with Gasteiger partial charge in [-0.05, 0) is 24.0 Å². The van der Waals surface area contributed by atoms with Gasteiger partial charge in [0.05, 0.1) is 6.54 Å². The fraction of sp³-hybridized carbons (Fsp3) is 0.556. The Balaban J connectivity index is 2.36. The van der Waals surface area contributed by atoms with E-state index >= 15 is 0 Å². The number of rotatable bonds is 14. The van der Waals surface area contributed by atoms with Crippen LogP contribution in [-0.4, -0.2) is 29.1 Å². The molecule has 6 heteroatoms. The van der Waals surface area contributed by atoms with Gasteiger partial charge in [-0.3, -0.25) is 15.0 Å². The third kappa shape index (κ3) is 9.27. The van der Waals surface area contributed by atoms with E-state index in [-0.39, 0.29) is 6.54 Å². The molecule has 0 fully saturated rings. The minimum atomic E-state index is -0.984. The number of carbonyl (C=O) groups is 2. The summed E-state index contributed by atoms with van der Waals surface area (Å²) in [4.78, 5) is 21.2. The van der Waals surface area contributed by atoms with Crippen molar-refractivity contribution in [3.8, 4) is 0 Å². The van der Waals surface area contributed by atoms with E-state index in [9.17, 15) is 9.59 Å². The number of hydrogen-bond donors (Lipinski definition) is 3. The minimum absolute atomic E-state index is 0.253. The smallest absolute Gasteiger partial charge is 0.318 e. The highest BCUT2D eigenvalue weighted by molar-refractivity contribution is 5.68. The molecule has 0 unspecified atom stereocenters. The van der Waals surface area contributed by atoms with Crippen LogP contribution in [0.3, 0.4) is 0 Å². The molecule has 3 N–H and O–H groups in total. The van der Waals surface area contributed by atoms with Gasteiger partial charge in [-0.15, -0.1) is 0 Å². The van der Waals surface area contributed by atoms with Crippen molar-refractivity contribution in [2.45, 2.75) is 58.4 Å². The Morgan fingerprint density at radius 1 is 1.08 bits per heavy atom. The zero-order valence-electron chi connectivity index (χ0n) is 14.5. The highest BCUT2D eigenvalue weighted by atomic mass is 16.4. The van der Waals surface area contributed by atoms with Crippen LogP contribution in [0.15, 0.2) is 24.3 Å². The maximum absolute atomic E-state index is 10.6. The summed E-state index contributed by atoms with van der Waals surface area (Å²) >= 11 is 0. The summed E-state index contributed by atoms with van der Waals surface area (Å²) in [5.74, 6) is -0.984. The molecule has 1 aromatic carbocycles. The number of aryl methyl sites for hydroxylation is 1. The number of hydrazine groups is 2. The average molecular weight is 335 g/mol. The summed E-state index contributed by atoms with van der Waals surface area (Å²) in [7, 11) is 0. The van der Waals surface area contributed by atoms with Crippen molar-refractivity contribution in [2.75, 3.05) is 6.54 Å². The molecule has 1 amide bonds. The number of carboxylic acids is 1. The Morgan fingerprint density at radius 2 is 1.71 bits per heavy atom. The SMILES string of the molecule is CCCCCCCCc1ccc(CN(NC=O)NCC(=O)O)cc1. The molecule has 0 heterocycles. The van der Waals surface area contributed by atoms with Crippen molar-refractivity contribution in [3.63, 3.8) is 0 Å².